The van der Waals surface area contributed by atoms with E-state index in [0.717, 1.165) is 35.4 Å². The zero-order valence-corrected chi connectivity index (χ0v) is 16.0. The Balaban J connectivity index is 2.00. The van der Waals surface area contributed by atoms with Crippen molar-refractivity contribution in [1.82, 2.24) is 4.90 Å². The molecule has 0 saturated carbocycles. The number of hydrogen-bond acceptors (Lipinski definition) is 9. The first kappa shape index (κ1) is 21.6. The molecule has 1 aromatic carbocycles. The minimum atomic E-state index is -4.35. The van der Waals surface area contributed by atoms with Crippen molar-refractivity contribution in [1.29, 1.82) is 0 Å². The maximum Gasteiger partial charge on any atom is 0.414 e. The number of cyclic esters (lactones) is 1. The monoisotopic (exact) mass is 434 g/mol. The number of amides is 1. The number of ether oxygens (including phenoxy) is 2. The molecule has 11 nitrogen and oxygen atoms in total. The molecule has 0 bridgehead atoms. The largest absolute Gasteiger partial charge is 0.463 e. The van der Waals surface area contributed by atoms with Gasteiger partial charge in [0.05, 0.1) is 18.1 Å². The number of nitro groups is 1. The van der Waals surface area contributed by atoms with Gasteiger partial charge in [-0.05, 0) is 19.1 Å². The van der Waals surface area contributed by atoms with Gasteiger partial charge >= 0.3 is 12.1 Å². The van der Waals surface area contributed by atoms with Gasteiger partial charge in [0.25, 0.3) is 15.8 Å². The summed E-state index contributed by atoms with van der Waals surface area (Å²) in [6.07, 6.45) is 0.444. The van der Waals surface area contributed by atoms with E-state index in [1.165, 1.54) is 0 Å². The number of hydrogen-bond donors (Lipinski definition) is 0. The summed E-state index contributed by atoms with van der Waals surface area (Å²) in [6, 6.07) is 2.89. The first-order valence-corrected chi connectivity index (χ1v) is 9.58. The topological polar surface area (TPSA) is 142 Å². The van der Waals surface area contributed by atoms with Gasteiger partial charge < -0.3 is 9.47 Å². The predicted molar refractivity (Wildman–Crippen MR) is 94.0 cm³/mol. The van der Waals surface area contributed by atoms with Crippen LogP contribution in [0.5, 0.6) is 0 Å². The van der Waals surface area contributed by atoms with Crippen LogP contribution in [0.15, 0.2) is 35.4 Å². The van der Waals surface area contributed by atoms with E-state index < -0.39 is 50.4 Å². The number of esters is 1. The molecular weight excluding hydrogens is 420 g/mol. The van der Waals surface area contributed by atoms with Gasteiger partial charge in [0, 0.05) is 18.3 Å². The molecule has 28 heavy (non-hydrogen) atoms. The van der Waals surface area contributed by atoms with Gasteiger partial charge in [-0.3, -0.25) is 19.2 Å². The highest BCUT2D eigenvalue weighted by molar-refractivity contribution is 7.86. The van der Waals surface area contributed by atoms with Crippen LogP contribution in [0.2, 0.25) is 5.02 Å². The van der Waals surface area contributed by atoms with E-state index in [1.54, 1.807) is 6.92 Å². The highest BCUT2D eigenvalue weighted by Gasteiger charge is 2.32. The summed E-state index contributed by atoms with van der Waals surface area (Å²) >= 11 is 5.65. The lowest BCUT2D eigenvalue weighted by molar-refractivity contribution is -0.384. The van der Waals surface area contributed by atoms with Crippen LogP contribution in [-0.4, -0.2) is 56.2 Å². The molecule has 13 heteroatoms. The molecule has 1 unspecified atom stereocenters. The maximum absolute atomic E-state index is 12.2. The maximum atomic E-state index is 12.2. The molecule has 152 valence electrons. The third kappa shape index (κ3) is 5.41. The van der Waals surface area contributed by atoms with E-state index in [1.807, 2.05) is 0 Å². The second-order valence-electron chi connectivity index (χ2n) is 5.33. The van der Waals surface area contributed by atoms with Gasteiger partial charge in [-0.1, -0.05) is 11.6 Å². The van der Waals surface area contributed by atoms with Crippen molar-refractivity contribution < 1.29 is 36.6 Å². The van der Waals surface area contributed by atoms with Gasteiger partial charge in [-0.2, -0.15) is 8.42 Å². The average molecular weight is 435 g/mol. The quantitative estimate of drug-likeness (QED) is 0.197. The number of halogens is 1. The molecule has 1 saturated heterocycles. The molecule has 0 aromatic heterocycles. The van der Waals surface area contributed by atoms with Crippen molar-refractivity contribution in [2.75, 3.05) is 19.8 Å². The summed E-state index contributed by atoms with van der Waals surface area (Å²) in [7, 11) is -4.35. The van der Waals surface area contributed by atoms with E-state index in [0.29, 0.717) is 0 Å². The molecule has 0 radical (unpaired) electrons. The van der Waals surface area contributed by atoms with Gasteiger partial charge in [-0.15, -0.1) is 0 Å². The Morgan fingerprint density at radius 3 is 2.86 bits per heavy atom. The molecule has 1 aliphatic rings. The first-order chi connectivity index (χ1) is 13.1. The zero-order valence-electron chi connectivity index (χ0n) is 14.4. The molecule has 1 aliphatic heterocycles. The van der Waals surface area contributed by atoms with Crippen molar-refractivity contribution in [3.8, 4) is 0 Å². The molecule has 2 rings (SSSR count). The Bertz CT molecular complexity index is 916. The lowest BCUT2D eigenvalue weighted by Gasteiger charge is -2.10. The van der Waals surface area contributed by atoms with Crippen molar-refractivity contribution >= 4 is 39.5 Å². The average Bonchev–Trinajstić information content (AvgIpc) is 2.98. The van der Waals surface area contributed by atoms with Crippen LogP contribution < -0.4 is 0 Å². The van der Waals surface area contributed by atoms with Crippen LogP contribution in [0, 0.1) is 10.1 Å². The SMILES string of the molecule is CCOC(=O)/C=C/N1CC(COS(=O)(=O)c2ccc(Cl)c([N+](=O)[O-])c2)OC1=O. The van der Waals surface area contributed by atoms with E-state index >= 15 is 0 Å². The van der Waals surface area contributed by atoms with Crippen LogP contribution >= 0.6 is 11.6 Å². The lowest BCUT2D eigenvalue weighted by atomic mass is 10.3. The number of carbonyl (C=O) groups excluding carboxylic acids is 2. The van der Waals surface area contributed by atoms with E-state index in [-0.39, 0.29) is 18.2 Å². The minimum Gasteiger partial charge on any atom is -0.463 e. The fraction of sp³-hybridized carbons (Fsp3) is 0.333. The Morgan fingerprint density at radius 1 is 1.50 bits per heavy atom. The molecule has 0 N–H and O–H groups in total. The summed E-state index contributed by atoms with van der Waals surface area (Å²) < 4.78 is 38.9. The Hall–Kier alpha value is -2.70. The molecule has 1 atom stereocenters. The normalized spacial score (nSPS) is 17.0. The molecular formula is C15H15ClN2O9S. The number of benzene rings is 1. The number of carbonyl (C=O) groups is 2. The fourth-order valence-corrected chi connectivity index (χ4v) is 3.26. The van der Waals surface area contributed by atoms with Crippen LogP contribution in [0.1, 0.15) is 6.92 Å². The van der Waals surface area contributed by atoms with Gasteiger partial charge in [0.2, 0.25) is 0 Å². The highest BCUT2D eigenvalue weighted by atomic mass is 35.5. The smallest absolute Gasteiger partial charge is 0.414 e. The number of rotatable bonds is 8. The summed E-state index contributed by atoms with van der Waals surface area (Å²) in [5.74, 6) is -0.651. The number of nitro benzene ring substituents is 1. The van der Waals surface area contributed by atoms with Gasteiger partial charge in [-0.25, -0.2) is 9.59 Å². The second-order valence-corrected chi connectivity index (χ2v) is 7.36. The lowest BCUT2D eigenvalue weighted by Crippen LogP contribution is -2.23. The van der Waals surface area contributed by atoms with Gasteiger partial charge in [0.1, 0.15) is 22.6 Å². The molecule has 0 spiro atoms. The van der Waals surface area contributed by atoms with Crippen LogP contribution in [0.4, 0.5) is 10.5 Å². The van der Waals surface area contributed by atoms with E-state index in [9.17, 15) is 28.1 Å². The van der Waals surface area contributed by atoms with Crippen molar-refractivity contribution in [3.05, 3.63) is 45.6 Å². The van der Waals surface area contributed by atoms with E-state index in [2.05, 4.69) is 4.74 Å². The Kier molecular flexibility index (Phi) is 6.94. The molecule has 1 aromatic rings. The highest BCUT2D eigenvalue weighted by Crippen LogP contribution is 2.28. The standard InChI is InChI=1S/C15H15ClN2O9S/c1-2-25-14(19)5-6-17-8-10(27-15(17)20)9-26-28(23,24)11-3-4-12(16)13(7-11)18(21)22/h3-7,10H,2,8-9H2,1H3/b6-5+. The zero-order chi connectivity index (χ0) is 20.9. The minimum absolute atomic E-state index is 0.0645. The van der Waals surface area contributed by atoms with Crippen molar-refractivity contribution in [3.63, 3.8) is 0 Å². The molecule has 0 aliphatic carbocycles. The number of nitrogens with zero attached hydrogens (tertiary/aromatic N) is 2. The molecule has 1 amide bonds. The summed E-state index contributed by atoms with van der Waals surface area (Å²) in [6.45, 7) is 1.21. The van der Waals surface area contributed by atoms with Crippen molar-refractivity contribution in [2.24, 2.45) is 0 Å². The predicted octanol–water partition coefficient (Wildman–Crippen LogP) is 1.85. The first-order valence-electron chi connectivity index (χ1n) is 7.79. The third-order valence-corrected chi connectivity index (χ3v) is 4.99. The second kappa shape index (κ2) is 8.99. The summed E-state index contributed by atoms with van der Waals surface area (Å²) in [5, 5.41) is 10.6. The summed E-state index contributed by atoms with van der Waals surface area (Å²) in [5.41, 5.74) is -0.589. The molecule has 1 fully saturated rings. The van der Waals surface area contributed by atoms with Crippen molar-refractivity contribution in [2.45, 2.75) is 17.9 Å². The summed E-state index contributed by atoms with van der Waals surface area (Å²) in [4.78, 5) is 33.6. The fourth-order valence-electron chi connectivity index (χ4n) is 2.11. The Morgan fingerprint density at radius 2 is 2.21 bits per heavy atom. The van der Waals surface area contributed by atoms with Crippen LogP contribution in [0.3, 0.4) is 0 Å². The van der Waals surface area contributed by atoms with Gasteiger partial charge in [0.15, 0.2) is 0 Å². The molecule has 1 heterocycles. The van der Waals surface area contributed by atoms with Crippen LogP contribution in [-0.2, 0) is 28.6 Å². The van der Waals surface area contributed by atoms with Crippen LogP contribution in [0.25, 0.3) is 0 Å². The Labute approximate surface area is 164 Å². The van der Waals surface area contributed by atoms with E-state index in [4.69, 9.17) is 20.5 Å². The third-order valence-electron chi connectivity index (χ3n) is 3.39.